The van der Waals surface area contributed by atoms with Gasteiger partial charge in [0.25, 0.3) is 0 Å². The van der Waals surface area contributed by atoms with Crippen LogP contribution in [-0.2, 0) is 0 Å². The van der Waals surface area contributed by atoms with Crippen LogP contribution in [0.2, 0.25) is 0 Å². The third-order valence-corrected chi connectivity index (χ3v) is 1.44. The van der Waals surface area contributed by atoms with Crippen LogP contribution >= 0.6 is 0 Å². The lowest BCUT2D eigenvalue weighted by Gasteiger charge is -1.94. The average Bonchev–Trinajstić information content (AvgIpc) is 1.84. The predicted octanol–water partition coefficient (Wildman–Crippen LogP) is -0.0860. The molecule has 0 aliphatic rings. The largest absolute Gasteiger partial charge is 0.250 e. The molecule has 0 saturated carbocycles. The van der Waals surface area contributed by atoms with Gasteiger partial charge in [0.05, 0.1) is 22.1 Å². The summed E-state index contributed by atoms with van der Waals surface area (Å²) in [6.45, 7) is 11.2. The van der Waals surface area contributed by atoms with Gasteiger partial charge in [0.15, 0.2) is 0 Å². The molecule has 0 radical (unpaired) electrons. The van der Waals surface area contributed by atoms with E-state index in [-0.39, 0.29) is 0 Å². The Morgan fingerprint density at radius 3 is 1.50 bits per heavy atom. The molecule has 1 heterocycles. The van der Waals surface area contributed by atoms with Crippen LogP contribution < -0.4 is 10.7 Å². The number of aromatic nitrogens is 2. The van der Waals surface area contributed by atoms with E-state index in [1.165, 1.54) is 0 Å². The van der Waals surface area contributed by atoms with Gasteiger partial charge in [-0.15, -0.1) is 0 Å². The highest BCUT2D eigenvalue weighted by atomic mass is 14.8. The lowest BCUT2D eigenvalue weighted by Crippen LogP contribution is -2.23. The molecule has 10 heavy (non-hydrogen) atoms. The molecule has 52 valence electrons. The molecule has 0 N–H and O–H groups in total. The third kappa shape index (κ3) is 1.05. The quantitative estimate of drug-likeness (QED) is 0.495. The van der Waals surface area contributed by atoms with E-state index in [0.717, 1.165) is 22.1 Å². The van der Waals surface area contributed by atoms with Crippen molar-refractivity contribution >= 4 is 13.2 Å². The van der Waals surface area contributed by atoms with E-state index < -0.39 is 0 Å². The summed E-state index contributed by atoms with van der Waals surface area (Å²) in [6.07, 6.45) is 0. The molecule has 0 fully saturated rings. The minimum atomic E-state index is 0.741. The van der Waals surface area contributed by atoms with Crippen LogP contribution in [0.1, 0.15) is 11.4 Å². The maximum Gasteiger partial charge on any atom is 0.0774 e. The lowest BCUT2D eigenvalue weighted by molar-refractivity contribution is 0.990. The summed E-state index contributed by atoms with van der Waals surface area (Å²) in [5.41, 5.74) is 1.71. The predicted molar refractivity (Wildman–Crippen MR) is 41.8 cm³/mol. The highest BCUT2D eigenvalue weighted by Gasteiger charge is 1.91. The van der Waals surface area contributed by atoms with Crippen LogP contribution in [0.3, 0.4) is 0 Å². The molecule has 0 spiro atoms. The van der Waals surface area contributed by atoms with Gasteiger partial charge >= 0.3 is 0 Å². The fraction of sp³-hybridized carbons (Fsp3) is 0.250. The van der Waals surface area contributed by atoms with Crippen LogP contribution in [-0.4, -0.2) is 9.97 Å². The van der Waals surface area contributed by atoms with E-state index in [1.54, 1.807) is 0 Å². The van der Waals surface area contributed by atoms with Crippen LogP contribution in [0, 0.1) is 13.8 Å². The van der Waals surface area contributed by atoms with Crippen molar-refractivity contribution < 1.29 is 0 Å². The van der Waals surface area contributed by atoms with Crippen molar-refractivity contribution in [3.8, 4) is 0 Å². The van der Waals surface area contributed by atoms with Crippen LogP contribution in [0.5, 0.6) is 0 Å². The second-order valence-corrected chi connectivity index (χ2v) is 2.29. The van der Waals surface area contributed by atoms with Gasteiger partial charge in [0.1, 0.15) is 0 Å². The van der Waals surface area contributed by atoms with Gasteiger partial charge in [-0.3, -0.25) is 9.97 Å². The molecule has 2 heteroatoms. The van der Waals surface area contributed by atoms with Crippen molar-refractivity contribution in [1.29, 1.82) is 0 Å². The zero-order valence-electron chi connectivity index (χ0n) is 6.31. The van der Waals surface area contributed by atoms with Crippen LogP contribution in [0.25, 0.3) is 13.2 Å². The molecule has 0 amide bonds. The van der Waals surface area contributed by atoms with E-state index in [2.05, 4.69) is 23.1 Å². The fourth-order valence-corrected chi connectivity index (χ4v) is 0.696. The molecule has 1 aromatic heterocycles. The molecule has 2 nitrogen and oxygen atoms in total. The Balaban J connectivity index is 3.59. The second-order valence-electron chi connectivity index (χ2n) is 2.29. The van der Waals surface area contributed by atoms with Gasteiger partial charge in [-0.2, -0.15) is 0 Å². The van der Waals surface area contributed by atoms with Gasteiger partial charge in [-0.05, 0) is 13.8 Å². The highest BCUT2D eigenvalue weighted by Crippen LogP contribution is 1.75. The van der Waals surface area contributed by atoms with Crippen molar-refractivity contribution in [2.45, 2.75) is 13.8 Å². The van der Waals surface area contributed by atoms with Crippen molar-refractivity contribution in [1.82, 2.24) is 9.97 Å². The van der Waals surface area contributed by atoms with Gasteiger partial charge in [0, 0.05) is 0 Å². The zero-order valence-corrected chi connectivity index (χ0v) is 6.31. The lowest BCUT2D eigenvalue weighted by atomic mass is 10.4. The van der Waals surface area contributed by atoms with E-state index in [0.29, 0.717) is 0 Å². The number of aryl methyl sites for hydroxylation is 2. The van der Waals surface area contributed by atoms with E-state index >= 15 is 0 Å². The van der Waals surface area contributed by atoms with Gasteiger partial charge in [-0.1, -0.05) is 13.2 Å². The Morgan fingerprint density at radius 1 is 0.900 bits per heavy atom. The Labute approximate surface area is 60.0 Å². The number of nitrogens with zero attached hydrogens (tertiary/aromatic N) is 2. The van der Waals surface area contributed by atoms with Crippen molar-refractivity contribution in [2.75, 3.05) is 0 Å². The van der Waals surface area contributed by atoms with Gasteiger partial charge in [0.2, 0.25) is 0 Å². The highest BCUT2D eigenvalue weighted by molar-refractivity contribution is 5.11. The topological polar surface area (TPSA) is 25.8 Å². The molecule has 1 rings (SSSR count). The first-order chi connectivity index (χ1) is 4.61. The Kier molecular flexibility index (Phi) is 1.53. The molecule has 0 aromatic carbocycles. The zero-order chi connectivity index (χ0) is 7.72. The SMILES string of the molecule is C=c1nc(C)c(=C)nc1C. The Bertz CT molecular complexity index is 305. The number of rotatable bonds is 0. The third-order valence-electron chi connectivity index (χ3n) is 1.44. The van der Waals surface area contributed by atoms with E-state index in [1.807, 2.05) is 13.8 Å². The molecule has 1 aromatic rings. The van der Waals surface area contributed by atoms with Crippen LogP contribution in [0.15, 0.2) is 0 Å². The second kappa shape index (κ2) is 2.21. The summed E-state index contributed by atoms with van der Waals surface area (Å²) in [4.78, 5) is 8.27. The van der Waals surface area contributed by atoms with E-state index in [9.17, 15) is 0 Å². The van der Waals surface area contributed by atoms with Crippen molar-refractivity contribution in [2.24, 2.45) is 0 Å². The normalized spacial score (nSPS) is 9.80. The van der Waals surface area contributed by atoms with E-state index in [4.69, 9.17) is 0 Å². The summed E-state index contributed by atoms with van der Waals surface area (Å²) in [5.74, 6) is 0. The maximum atomic E-state index is 4.14. The molecular weight excluding hydrogens is 124 g/mol. The van der Waals surface area contributed by atoms with Gasteiger partial charge < -0.3 is 0 Å². The van der Waals surface area contributed by atoms with Crippen molar-refractivity contribution in [3.63, 3.8) is 0 Å². The van der Waals surface area contributed by atoms with Crippen molar-refractivity contribution in [3.05, 3.63) is 22.1 Å². The minimum Gasteiger partial charge on any atom is -0.250 e. The molecule has 0 aliphatic heterocycles. The standard InChI is InChI=1S/C8H10N2/c1-5-6(2)10-8(4)7(3)9-5/h1,4H2,2-3H3. The van der Waals surface area contributed by atoms with Gasteiger partial charge in [-0.25, -0.2) is 0 Å². The maximum absolute atomic E-state index is 4.14. The molecule has 0 unspecified atom stereocenters. The Hall–Kier alpha value is -1.18. The smallest absolute Gasteiger partial charge is 0.0774 e. The first-order valence-corrected chi connectivity index (χ1v) is 3.10. The monoisotopic (exact) mass is 134 g/mol. The van der Waals surface area contributed by atoms with Crippen LogP contribution in [0.4, 0.5) is 0 Å². The number of hydrogen-bond acceptors (Lipinski definition) is 2. The summed E-state index contributed by atoms with van der Waals surface area (Å²) in [7, 11) is 0. The number of hydrogen-bond donors (Lipinski definition) is 0. The Morgan fingerprint density at radius 2 is 1.20 bits per heavy atom. The summed E-state index contributed by atoms with van der Waals surface area (Å²) in [5, 5.41) is 1.48. The average molecular weight is 134 g/mol. The molecule has 0 aliphatic carbocycles. The summed E-state index contributed by atoms with van der Waals surface area (Å²) >= 11 is 0. The first kappa shape index (κ1) is 6.93. The fourth-order valence-electron chi connectivity index (χ4n) is 0.696. The minimum absolute atomic E-state index is 0.741. The molecule has 0 saturated heterocycles. The summed E-state index contributed by atoms with van der Waals surface area (Å²) < 4.78 is 0. The summed E-state index contributed by atoms with van der Waals surface area (Å²) in [6, 6.07) is 0. The molecular formula is C8H10N2. The first-order valence-electron chi connectivity index (χ1n) is 3.10. The molecule has 0 atom stereocenters. The molecule has 0 bridgehead atoms.